The normalized spacial score (nSPS) is 14.9. The summed E-state index contributed by atoms with van der Waals surface area (Å²) < 4.78 is 0. The third kappa shape index (κ3) is 3.96. The molecule has 1 aromatic carbocycles. The Balaban J connectivity index is 1.75. The van der Waals surface area contributed by atoms with Gasteiger partial charge < -0.3 is 10.2 Å². The Morgan fingerprint density at radius 2 is 2.00 bits per heavy atom. The van der Waals surface area contributed by atoms with Gasteiger partial charge in [-0.3, -0.25) is 14.9 Å². The van der Waals surface area contributed by atoms with Crippen molar-refractivity contribution in [3.05, 3.63) is 51.8 Å². The Kier molecular flexibility index (Phi) is 5.11. The maximum atomic E-state index is 12.4. The molecule has 0 aliphatic carbocycles. The molecule has 1 saturated heterocycles. The lowest BCUT2D eigenvalue weighted by atomic mass is 9.99. The molecule has 8 heteroatoms. The number of rotatable bonds is 4. The number of amides is 1. The molecule has 1 fully saturated rings. The summed E-state index contributed by atoms with van der Waals surface area (Å²) >= 11 is 0. The first-order valence-electron chi connectivity index (χ1n) is 8.57. The first kappa shape index (κ1) is 17.8. The van der Waals surface area contributed by atoms with Crippen LogP contribution in [0.5, 0.6) is 0 Å². The van der Waals surface area contributed by atoms with Crippen molar-refractivity contribution in [2.24, 2.45) is 5.92 Å². The van der Waals surface area contributed by atoms with Crippen molar-refractivity contribution >= 4 is 23.2 Å². The molecule has 136 valence electrons. The fourth-order valence-corrected chi connectivity index (χ4v) is 2.96. The van der Waals surface area contributed by atoms with Crippen LogP contribution in [0.15, 0.2) is 30.6 Å². The number of anilines is 2. The summed E-state index contributed by atoms with van der Waals surface area (Å²) in [6.45, 7) is 5.73. The van der Waals surface area contributed by atoms with Crippen molar-refractivity contribution in [3.63, 3.8) is 0 Å². The summed E-state index contributed by atoms with van der Waals surface area (Å²) in [5.41, 5.74) is 0.646. The van der Waals surface area contributed by atoms with Crippen LogP contribution >= 0.6 is 0 Å². The van der Waals surface area contributed by atoms with Crippen molar-refractivity contribution in [2.75, 3.05) is 23.3 Å². The number of aryl methyl sites for hydroxylation is 1. The standard InChI is InChI=1S/C18H21N5O3/c1-12-5-7-22(8-6-12)17-10-16(19-11-20-17)21-18(24)14-4-3-13(2)15(9-14)23(25)26/h3-4,9-12H,5-8H2,1-2H3,(H,19,20,21,24). The number of nitro benzene ring substituents is 1. The monoisotopic (exact) mass is 355 g/mol. The molecule has 0 saturated carbocycles. The highest BCUT2D eigenvalue weighted by atomic mass is 16.6. The second-order valence-corrected chi connectivity index (χ2v) is 6.64. The molecule has 0 unspecified atom stereocenters. The molecule has 0 spiro atoms. The number of benzene rings is 1. The largest absolute Gasteiger partial charge is 0.356 e. The van der Waals surface area contributed by atoms with E-state index >= 15 is 0 Å². The lowest BCUT2D eigenvalue weighted by molar-refractivity contribution is -0.385. The van der Waals surface area contributed by atoms with Crippen molar-refractivity contribution in [3.8, 4) is 0 Å². The number of hydrogen-bond acceptors (Lipinski definition) is 6. The van der Waals surface area contributed by atoms with Gasteiger partial charge in [0.2, 0.25) is 0 Å². The van der Waals surface area contributed by atoms with E-state index in [1.54, 1.807) is 25.1 Å². The van der Waals surface area contributed by atoms with Gasteiger partial charge >= 0.3 is 0 Å². The van der Waals surface area contributed by atoms with E-state index in [1.807, 2.05) is 0 Å². The quantitative estimate of drug-likeness (QED) is 0.668. The van der Waals surface area contributed by atoms with Gasteiger partial charge in [0.25, 0.3) is 11.6 Å². The molecule has 1 aromatic heterocycles. The topological polar surface area (TPSA) is 101 Å². The van der Waals surface area contributed by atoms with Crippen molar-refractivity contribution in [1.29, 1.82) is 0 Å². The number of nitrogens with zero attached hydrogens (tertiary/aromatic N) is 4. The molecule has 3 rings (SSSR count). The van der Waals surface area contributed by atoms with Gasteiger partial charge in [-0.2, -0.15) is 0 Å². The van der Waals surface area contributed by atoms with Gasteiger partial charge in [0.05, 0.1) is 4.92 Å². The van der Waals surface area contributed by atoms with Gasteiger partial charge in [-0.1, -0.05) is 13.0 Å². The van der Waals surface area contributed by atoms with E-state index in [1.165, 1.54) is 12.4 Å². The molecule has 8 nitrogen and oxygen atoms in total. The summed E-state index contributed by atoms with van der Waals surface area (Å²) in [5, 5.41) is 13.7. The first-order chi connectivity index (χ1) is 12.4. The van der Waals surface area contributed by atoms with Gasteiger partial charge in [-0.25, -0.2) is 9.97 Å². The second kappa shape index (κ2) is 7.47. The lowest BCUT2D eigenvalue weighted by Crippen LogP contribution is -2.33. The maximum absolute atomic E-state index is 12.4. The Hall–Kier alpha value is -3.03. The Morgan fingerprint density at radius 1 is 1.27 bits per heavy atom. The number of nitro groups is 1. The fraction of sp³-hybridized carbons (Fsp3) is 0.389. The van der Waals surface area contributed by atoms with Crippen LogP contribution in [0.1, 0.15) is 35.7 Å². The molecule has 0 radical (unpaired) electrons. The van der Waals surface area contributed by atoms with Crippen LogP contribution in [0, 0.1) is 23.0 Å². The fourth-order valence-electron chi connectivity index (χ4n) is 2.96. The minimum Gasteiger partial charge on any atom is -0.356 e. The van der Waals surface area contributed by atoms with E-state index in [0.717, 1.165) is 31.7 Å². The van der Waals surface area contributed by atoms with E-state index in [4.69, 9.17) is 0 Å². The van der Waals surface area contributed by atoms with Crippen LogP contribution in [-0.2, 0) is 0 Å². The molecular weight excluding hydrogens is 334 g/mol. The first-order valence-corrected chi connectivity index (χ1v) is 8.57. The van der Waals surface area contributed by atoms with Gasteiger partial charge in [-0.05, 0) is 31.7 Å². The van der Waals surface area contributed by atoms with Crippen LogP contribution in [0.2, 0.25) is 0 Å². The maximum Gasteiger partial charge on any atom is 0.273 e. The number of nitrogens with one attached hydrogen (secondary N) is 1. The average Bonchev–Trinajstić information content (AvgIpc) is 2.62. The zero-order valence-corrected chi connectivity index (χ0v) is 14.8. The second-order valence-electron chi connectivity index (χ2n) is 6.64. The highest BCUT2D eigenvalue weighted by molar-refractivity contribution is 6.04. The van der Waals surface area contributed by atoms with Gasteiger partial charge in [0.1, 0.15) is 18.0 Å². The third-order valence-electron chi connectivity index (χ3n) is 4.67. The molecule has 0 atom stereocenters. The number of hydrogen-bond donors (Lipinski definition) is 1. The van der Waals surface area contributed by atoms with E-state index in [2.05, 4.69) is 27.1 Å². The average molecular weight is 355 g/mol. The highest BCUT2D eigenvalue weighted by Crippen LogP contribution is 2.23. The summed E-state index contributed by atoms with van der Waals surface area (Å²) in [5.74, 6) is 1.42. The van der Waals surface area contributed by atoms with Crippen molar-refractivity contribution in [1.82, 2.24) is 9.97 Å². The summed E-state index contributed by atoms with van der Waals surface area (Å²) in [7, 11) is 0. The molecule has 0 bridgehead atoms. The van der Waals surface area contributed by atoms with E-state index in [9.17, 15) is 14.9 Å². The summed E-state index contributed by atoms with van der Waals surface area (Å²) in [6.07, 6.45) is 3.64. The molecular formula is C18H21N5O3. The van der Waals surface area contributed by atoms with Crippen LogP contribution in [0.4, 0.5) is 17.3 Å². The Labute approximate surface area is 151 Å². The molecule has 1 aliphatic rings. The van der Waals surface area contributed by atoms with Gasteiger partial charge in [-0.15, -0.1) is 0 Å². The minimum absolute atomic E-state index is 0.0801. The van der Waals surface area contributed by atoms with E-state index in [0.29, 0.717) is 17.3 Å². The molecule has 2 heterocycles. The number of aromatic nitrogens is 2. The predicted octanol–water partition coefficient (Wildman–Crippen LogP) is 3.18. The number of piperidine rings is 1. The molecule has 1 amide bonds. The minimum atomic E-state index is -0.494. The smallest absolute Gasteiger partial charge is 0.273 e. The van der Waals surface area contributed by atoms with Crippen LogP contribution in [0.3, 0.4) is 0 Å². The molecule has 2 aromatic rings. The van der Waals surface area contributed by atoms with Crippen LogP contribution < -0.4 is 10.2 Å². The van der Waals surface area contributed by atoms with Gasteiger partial charge in [0.15, 0.2) is 0 Å². The zero-order chi connectivity index (χ0) is 18.7. The molecule has 26 heavy (non-hydrogen) atoms. The Morgan fingerprint density at radius 3 is 2.69 bits per heavy atom. The lowest BCUT2D eigenvalue weighted by Gasteiger charge is -2.31. The third-order valence-corrected chi connectivity index (χ3v) is 4.67. The highest BCUT2D eigenvalue weighted by Gasteiger charge is 2.19. The van der Waals surface area contributed by atoms with Crippen LogP contribution in [-0.4, -0.2) is 33.9 Å². The molecule has 1 N–H and O–H groups in total. The Bertz CT molecular complexity index is 831. The summed E-state index contributed by atoms with van der Waals surface area (Å²) in [4.78, 5) is 33.5. The van der Waals surface area contributed by atoms with E-state index < -0.39 is 10.8 Å². The van der Waals surface area contributed by atoms with Crippen molar-refractivity contribution < 1.29 is 9.72 Å². The predicted molar refractivity (Wildman–Crippen MR) is 98.4 cm³/mol. The summed E-state index contributed by atoms with van der Waals surface area (Å²) in [6, 6.07) is 6.13. The van der Waals surface area contributed by atoms with Crippen molar-refractivity contribution in [2.45, 2.75) is 26.7 Å². The number of carbonyl (C=O) groups is 1. The van der Waals surface area contributed by atoms with E-state index in [-0.39, 0.29) is 11.3 Å². The van der Waals surface area contributed by atoms with Gasteiger partial charge in [0, 0.05) is 36.3 Å². The molecule has 1 aliphatic heterocycles. The zero-order valence-electron chi connectivity index (χ0n) is 14.8. The van der Waals surface area contributed by atoms with Crippen LogP contribution in [0.25, 0.3) is 0 Å². The SMILES string of the molecule is Cc1ccc(C(=O)Nc2cc(N3CCC(C)CC3)ncn2)cc1[N+](=O)[O-]. The number of carbonyl (C=O) groups excluding carboxylic acids is 1.